The Labute approximate surface area is 100 Å². The fourth-order valence-electron chi connectivity index (χ4n) is 2.06. The Hall–Kier alpha value is -0.680. The molecule has 0 radical (unpaired) electrons. The molecular weight excluding hydrogens is 222 g/mol. The van der Waals surface area contributed by atoms with Gasteiger partial charge in [-0.05, 0) is 25.8 Å². The smallest absolute Gasteiger partial charge is 0.294 e. The van der Waals surface area contributed by atoms with Gasteiger partial charge in [0, 0.05) is 6.54 Å². The Kier molecular flexibility index (Phi) is 4.54. The van der Waals surface area contributed by atoms with E-state index in [-0.39, 0.29) is 0 Å². The molecule has 1 aromatic rings. The number of rotatable bonds is 5. The van der Waals surface area contributed by atoms with Gasteiger partial charge in [0.1, 0.15) is 5.01 Å². The fraction of sp³-hybridized carbons (Fsp3) is 0.818. The molecule has 0 unspecified atom stereocenters. The summed E-state index contributed by atoms with van der Waals surface area (Å²) < 4.78 is 5.69. The van der Waals surface area contributed by atoms with E-state index in [0.717, 1.165) is 29.3 Å². The molecule has 16 heavy (non-hydrogen) atoms. The SMILES string of the molecule is CNCc1nnc(OCC2CCCCC2)s1. The van der Waals surface area contributed by atoms with Crippen molar-refractivity contribution in [2.24, 2.45) is 5.92 Å². The zero-order valence-corrected chi connectivity index (χ0v) is 10.6. The van der Waals surface area contributed by atoms with Crippen LogP contribution in [0.2, 0.25) is 0 Å². The standard InChI is InChI=1S/C11H19N3OS/c1-12-7-10-13-14-11(16-10)15-8-9-5-3-2-4-6-9/h9,12H,2-8H2,1H3. The van der Waals surface area contributed by atoms with Gasteiger partial charge in [-0.3, -0.25) is 0 Å². The van der Waals surface area contributed by atoms with Crippen molar-refractivity contribution in [1.29, 1.82) is 0 Å². The van der Waals surface area contributed by atoms with Crippen molar-refractivity contribution in [1.82, 2.24) is 15.5 Å². The molecule has 2 rings (SSSR count). The van der Waals surface area contributed by atoms with Crippen molar-refractivity contribution >= 4 is 11.3 Å². The normalized spacial score (nSPS) is 17.6. The number of hydrogen-bond acceptors (Lipinski definition) is 5. The van der Waals surface area contributed by atoms with E-state index in [4.69, 9.17) is 4.74 Å². The topological polar surface area (TPSA) is 47.0 Å². The van der Waals surface area contributed by atoms with Gasteiger partial charge in [-0.25, -0.2) is 0 Å². The number of ether oxygens (including phenoxy) is 1. The van der Waals surface area contributed by atoms with Crippen molar-refractivity contribution in [2.45, 2.75) is 38.6 Å². The Bertz CT molecular complexity index is 310. The van der Waals surface area contributed by atoms with Gasteiger partial charge in [-0.15, -0.1) is 10.2 Å². The second kappa shape index (κ2) is 6.15. The van der Waals surface area contributed by atoms with Gasteiger partial charge in [-0.1, -0.05) is 30.6 Å². The fourth-order valence-corrected chi connectivity index (χ4v) is 2.77. The third-order valence-electron chi connectivity index (χ3n) is 2.94. The molecule has 1 aromatic heterocycles. The van der Waals surface area contributed by atoms with Crippen LogP contribution in [0.25, 0.3) is 0 Å². The van der Waals surface area contributed by atoms with Gasteiger partial charge in [0.2, 0.25) is 0 Å². The maximum absolute atomic E-state index is 5.69. The van der Waals surface area contributed by atoms with Crippen LogP contribution >= 0.6 is 11.3 Å². The first-order valence-electron chi connectivity index (χ1n) is 5.98. The van der Waals surface area contributed by atoms with Gasteiger partial charge in [0.25, 0.3) is 5.19 Å². The van der Waals surface area contributed by atoms with Gasteiger partial charge in [0.15, 0.2) is 0 Å². The van der Waals surface area contributed by atoms with Crippen molar-refractivity contribution in [2.75, 3.05) is 13.7 Å². The molecule has 90 valence electrons. The van der Waals surface area contributed by atoms with Gasteiger partial charge < -0.3 is 10.1 Å². The van der Waals surface area contributed by atoms with E-state index in [1.54, 1.807) is 0 Å². The monoisotopic (exact) mass is 241 g/mol. The first kappa shape index (κ1) is 11.8. The summed E-state index contributed by atoms with van der Waals surface area (Å²) in [5.41, 5.74) is 0. The number of hydrogen-bond donors (Lipinski definition) is 1. The predicted molar refractivity (Wildman–Crippen MR) is 64.7 cm³/mol. The average molecular weight is 241 g/mol. The molecular formula is C11H19N3OS. The zero-order valence-electron chi connectivity index (χ0n) is 9.74. The Balaban J connectivity index is 1.75. The second-order valence-corrected chi connectivity index (χ2v) is 5.33. The summed E-state index contributed by atoms with van der Waals surface area (Å²) in [7, 11) is 1.91. The van der Waals surface area contributed by atoms with Crippen molar-refractivity contribution in [3.8, 4) is 5.19 Å². The summed E-state index contributed by atoms with van der Waals surface area (Å²) in [5.74, 6) is 0.727. The minimum Gasteiger partial charge on any atom is -0.469 e. The molecule has 0 aromatic carbocycles. The zero-order chi connectivity index (χ0) is 11.2. The molecule has 0 saturated heterocycles. The van der Waals surface area contributed by atoms with E-state index < -0.39 is 0 Å². The number of aromatic nitrogens is 2. The molecule has 1 heterocycles. The van der Waals surface area contributed by atoms with Crippen LogP contribution in [0.15, 0.2) is 0 Å². The molecule has 5 heteroatoms. The predicted octanol–water partition coefficient (Wildman–Crippen LogP) is 2.22. The molecule has 1 N–H and O–H groups in total. The lowest BCUT2D eigenvalue weighted by Crippen LogP contribution is -2.15. The molecule has 0 aliphatic heterocycles. The van der Waals surface area contributed by atoms with E-state index in [1.165, 1.54) is 43.4 Å². The number of nitrogens with zero attached hydrogens (tertiary/aromatic N) is 2. The average Bonchev–Trinajstić information content (AvgIpc) is 2.76. The van der Waals surface area contributed by atoms with Crippen molar-refractivity contribution in [3.63, 3.8) is 0 Å². The van der Waals surface area contributed by atoms with Crippen LogP contribution in [0, 0.1) is 5.92 Å². The lowest BCUT2D eigenvalue weighted by Gasteiger charge is -2.20. The van der Waals surface area contributed by atoms with Crippen LogP contribution in [0.5, 0.6) is 5.19 Å². The molecule has 1 saturated carbocycles. The molecule has 0 atom stereocenters. The van der Waals surface area contributed by atoms with E-state index in [9.17, 15) is 0 Å². The Morgan fingerprint density at radius 2 is 2.12 bits per heavy atom. The summed E-state index contributed by atoms with van der Waals surface area (Å²) in [6.07, 6.45) is 6.72. The lowest BCUT2D eigenvalue weighted by molar-refractivity contribution is 0.207. The Morgan fingerprint density at radius 3 is 2.88 bits per heavy atom. The highest BCUT2D eigenvalue weighted by Crippen LogP contribution is 2.25. The third-order valence-corrected chi connectivity index (χ3v) is 3.78. The molecule has 1 fully saturated rings. The summed E-state index contributed by atoms with van der Waals surface area (Å²) >= 11 is 1.54. The van der Waals surface area contributed by atoms with E-state index in [1.807, 2.05) is 7.05 Å². The molecule has 0 amide bonds. The lowest BCUT2D eigenvalue weighted by atomic mass is 9.90. The third kappa shape index (κ3) is 3.42. The highest BCUT2D eigenvalue weighted by Gasteiger charge is 2.15. The van der Waals surface area contributed by atoms with Crippen molar-refractivity contribution < 1.29 is 4.74 Å². The van der Waals surface area contributed by atoms with E-state index >= 15 is 0 Å². The van der Waals surface area contributed by atoms with Gasteiger partial charge in [0.05, 0.1) is 6.61 Å². The highest BCUT2D eigenvalue weighted by atomic mass is 32.1. The first-order chi connectivity index (χ1) is 7.88. The molecule has 0 bridgehead atoms. The molecule has 1 aliphatic rings. The van der Waals surface area contributed by atoms with Crippen LogP contribution in [0.3, 0.4) is 0 Å². The first-order valence-corrected chi connectivity index (χ1v) is 6.80. The summed E-state index contributed by atoms with van der Waals surface area (Å²) in [5, 5.41) is 12.8. The van der Waals surface area contributed by atoms with Crippen LogP contribution in [0.1, 0.15) is 37.1 Å². The minimum absolute atomic E-state index is 0.718. The summed E-state index contributed by atoms with van der Waals surface area (Å²) in [6, 6.07) is 0. The van der Waals surface area contributed by atoms with E-state index in [2.05, 4.69) is 15.5 Å². The molecule has 1 aliphatic carbocycles. The molecule has 4 nitrogen and oxygen atoms in total. The summed E-state index contributed by atoms with van der Waals surface area (Å²) in [4.78, 5) is 0. The largest absolute Gasteiger partial charge is 0.469 e. The maximum Gasteiger partial charge on any atom is 0.294 e. The quantitative estimate of drug-likeness (QED) is 0.858. The van der Waals surface area contributed by atoms with E-state index in [0.29, 0.717) is 0 Å². The highest BCUT2D eigenvalue weighted by molar-refractivity contribution is 7.13. The van der Waals surface area contributed by atoms with Crippen LogP contribution in [-0.2, 0) is 6.54 Å². The van der Waals surface area contributed by atoms with Crippen LogP contribution in [0.4, 0.5) is 0 Å². The van der Waals surface area contributed by atoms with Crippen molar-refractivity contribution in [3.05, 3.63) is 5.01 Å². The minimum atomic E-state index is 0.718. The maximum atomic E-state index is 5.69. The number of nitrogens with one attached hydrogen (secondary N) is 1. The van der Waals surface area contributed by atoms with Crippen LogP contribution < -0.4 is 10.1 Å². The van der Waals surface area contributed by atoms with Gasteiger partial charge >= 0.3 is 0 Å². The Morgan fingerprint density at radius 1 is 1.31 bits per heavy atom. The second-order valence-electron chi connectivity index (χ2n) is 4.31. The summed E-state index contributed by atoms with van der Waals surface area (Å²) in [6.45, 7) is 1.58. The van der Waals surface area contributed by atoms with Gasteiger partial charge in [-0.2, -0.15) is 0 Å². The molecule has 0 spiro atoms. The van der Waals surface area contributed by atoms with Crippen LogP contribution in [-0.4, -0.2) is 23.9 Å².